The summed E-state index contributed by atoms with van der Waals surface area (Å²) in [6, 6.07) is 62.9. The fourth-order valence-corrected chi connectivity index (χ4v) is 8.06. The molecule has 0 bridgehead atoms. The first-order valence-electron chi connectivity index (χ1n) is 16.0. The smallest absolute Gasteiger partial charge is 0.00199 e. The molecule has 0 N–H and O–H groups in total. The number of fused-ring (bicyclic) bond motifs is 10. The summed E-state index contributed by atoms with van der Waals surface area (Å²) >= 11 is 0. The molecule has 0 heterocycles. The monoisotopic (exact) mass is 580 g/mol. The maximum atomic E-state index is 2.43. The quantitative estimate of drug-likeness (QED) is 0.141. The standard InChI is InChI=1S/C46H28/c1-4-16-33-29(13-1)25-26-31-28-43(36-19-7-8-20-37(36)44(31)33)46-40-23-11-9-21-38(40)45(39-22-10-12-24-41(39)46)42-27-30-14-2-3-15-32(30)34-17-5-6-18-35(34)42/h1-28H. The van der Waals surface area contributed by atoms with E-state index in [4.69, 9.17) is 0 Å². The van der Waals surface area contributed by atoms with Crippen molar-refractivity contribution in [1.82, 2.24) is 0 Å². The van der Waals surface area contributed by atoms with Crippen molar-refractivity contribution < 1.29 is 0 Å². The zero-order chi connectivity index (χ0) is 30.2. The fraction of sp³-hybridized carbons (Fsp3) is 0. The highest BCUT2D eigenvalue weighted by atomic mass is 14.2. The summed E-state index contributed by atoms with van der Waals surface area (Å²) in [5, 5.41) is 18.0. The third kappa shape index (κ3) is 3.56. The number of hydrogen-bond acceptors (Lipinski definition) is 0. The number of hydrogen-bond donors (Lipinski definition) is 0. The minimum absolute atomic E-state index is 1.26. The van der Waals surface area contributed by atoms with E-state index in [0.29, 0.717) is 0 Å². The van der Waals surface area contributed by atoms with Gasteiger partial charge in [-0.3, -0.25) is 0 Å². The van der Waals surface area contributed by atoms with Gasteiger partial charge in [0.05, 0.1) is 0 Å². The first-order valence-corrected chi connectivity index (χ1v) is 16.0. The lowest BCUT2D eigenvalue weighted by Gasteiger charge is -2.21. The minimum atomic E-state index is 1.26. The predicted octanol–water partition coefficient (Wildman–Crippen LogP) is 13.1. The average molecular weight is 581 g/mol. The lowest BCUT2D eigenvalue weighted by molar-refractivity contribution is 1.70. The van der Waals surface area contributed by atoms with Crippen LogP contribution in [-0.4, -0.2) is 0 Å². The van der Waals surface area contributed by atoms with Crippen molar-refractivity contribution in [2.24, 2.45) is 0 Å². The zero-order valence-corrected chi connectivity index (χ0v) is 25.2. The van der Waals surface area contributed by atoms with Gasteiger partial charge in [-0.2, -0.15) is 0 Å². The van der Waals surface area contributed by atoms with E-state index >= 15 is 0 Å². The summed E-state index contributed by atoms with van der Waals surface area (Å²) < 4.78 is 0. The molecule has 0 spiro atoms. The van der Waals surface area contributed by atoms with Gasteiger partial charge in [-0.25, -0.2) is 0 Å². The van der Waals surface area contributed by atoms with Crippen molar-refractivity contribution in [2.45, 2.75) is 0 Å². The molecule has 0 saturated carbocycles. The molecule has 0 heteroatoms. The molecule has 0 nitrogen and oxygen atoms in total. The van der Waals surface area contributed by atoms with E-state index in [9.17, 15) is 0 Å². The summed E-state index contributed by atoms with van der Waals surface area (Å²) in [5.41, 5.74) is 5.16. The van der Waals surface area contributed by atoms with Crippen LogP contribution in [0.1, 0.15) is 0 Å². The fourth-order valence-electron chi connectivity index (χ4n) is 8.06. The van der Waals surface area contributed by atoms with Gasteiger partial charge in [0.25, 0.3) is 0 Å². The Morgan fingerprint density at radius 3 is 1.17 bits per heavy atom. The van der Waals surface area contributed by atoms with Crippen LogP contribution in [0.5, 0.6) is 0 Å². The molecule has 0 aromatic heterocycles. The average Bonchev–Trinajstić information content (AvgIpc) is 3.13. The van der Waals surface area contributed by atoms with Crippen molar-refractivity contribution in [3.63, 3.8) is 0 Å². The summed E-state index contributed by atoms with van der Waals surface area (Å²) in [4.78, 5) is 0. The van der Waals surface area contributed by atoms with Gasteiger partial charge in [0, 0.05) is 0 Å². The van der Waals surface area contributed by atoms with Crippen molar-refractivity contribution in [3.8, 4) is 22.3 Å². The molecule has 10 aromatic rings. The van der Waals surface area contributed by atoms with E-state index in [-0.39, 0.29) is 0 Å². The molecule has 10 aromatic carbocycles. The van der Waals surface area contributed by atoms with Gasteiger partial charge >= 0.3 is 0 Å². The Morgan fingerprint density at radius 2 is 0.587 bits per heavy atom. The second-order valence-electron chi connectivity index (χ2n) is 12.4. The first kappa shape index (κ1) is 25.4. The molecule has 0 radical (unpaired) electrons. The molecular weight excluding hydrogens is 553 g/mol. The van der Waals surface area contributed by atoms with E-state index < -0.39 is 0 Å². The van der Waals surface area contributed by atoms with Crippen LogP contribution < -0.4 is 0 Å². The Balaban J connectivity index is 1.39. The Kier molecular flexibility index (Phi) is 5.38. The van der Waals surface area contributed by atoms with Crippen LogP contribution in [0.25, 0.3) is 97.7 Å². The third-order valence-corrected chi connectivity index (χ3v) is 9.99. The normalized spacial score (nSPS) is 11.9. The van der Waals surface area contributed by atoms with Crippen LogP contribution in [0.4, 0.5) is 0 Å². The molecule has 0 aliphatic rings. The van der Waals surface area contributed by atoms with Gasteiger partial charge in [-0.15, -0.1) is 0 Å². The van der Waals surface area contributed by atoms with Crippen molar-refractivity contribution in [1.29, 1.82) is 0 Å². The molecule has 0 amide bonds. The lowest BCUT2D eigenvalue weighted by atomic mass is 9.82. The van der Waals surface area contributed by atoms with Crippen molar-refractivity contribution in [3.05, 3.63) is 170 Å². The molecule has 0 saturated heterocycles. The van der Waals surface area contributed by atoms with Gasteiger partial charge in [-0.1, -0.05) is 158 Å². The van der Waals surface area contributed by atoms with Crippen LogP contribution >= 0.6 is 0 Å². The van der Waals surface area contributed by atoms with Crippen LogP contribution in [0, 0.1) is 0 Å². The molecular formula is C46H28. The molecule has 10 rings (SSSR count). The molecule has 212 valence electrons. The summed E-state index contributed by atoms with van der Waals surface area (Å²) in [6.45, 7) is 0. The Morgan fingerprint density at radius 1 is 0.217 bits per heavy atom. The van der Waals surface area contributed by atoms with Crippen LogP contribution in [0.2, 0.25) is 0 Å². The molecule has 0 atom stereocenters. The summed E-state index contributed by atoms with van der Waals surface area (Å²) in [7, 11) is 0. The Bertz CT molecular complexity index is 2800. The van der Waals surface area contributed by atoms with Gasteiger partial charge in [-0.05, 0) is 110 Å². The van der Waals surface area contributed by atoms with Crippen LogP contribution in [-0.2, 0) is 0 Å². The van der Waals surface area contributed by atoms with Crippen molar-refractivity contribution >= 4 is 75.4 Å². The van der Waals surface area contributed by atoms with Gasteiger partial charge in [0.1, 0.15) is 0 Å². The maximum Gasteiger partial charge on any atom is -0.00199 e. The topological polar surface area (TPSA) is 0 Å². The van der Waals surface area contributed by atoms with E-state index in [1.54, 1.807) is 0 Å². The maximum absolute atomic E-state index is 2.43. The second-order valence-corrected chi connectivity index (χ2v) is 12.4. The van der Waals surface area contributed by atoms with Gasteiger partial charge in [0.2, 0.25) is 0 Å². The third-order valence-electron chi connectivity index (χ3n) is 9.99. The predicted molar refractivity (Wildman–Crippen MR) is 200 cm³/mol. The van der Waals surface area contributed by atoms with E-state index in [0.717, 1.165) is 0 Å². The Hall–Kier alpha value is -5.98. The lowest BCUT2D eigenvalue weighted by Crippen LogP contribution is -1.93. The van der Waals surface area contributed by atoms with E-state index in [2.05, 4.69) is 170 Å². The highest BCUT2D eigenvalue weighted by Gasteiger charge is 2.21. The van der Waals surface area contributed by atoms with Crippen LogP contribution in [0.15, 0.2) is 170 Å². The van der Waals surface area contributed by atoms with E-state index in [1.165, 1.54) is 97.7 Å². The summed E-state index contributed by atoms with van der Waals surface area (Å²) in [6.07, 6.45) is 0. The highest BCUT2D eigenvalue weighted by molar-refractivity contribution is 6.30. The SMILES string of the molecule is c1ccc2c(c1)cc(-c1c3ccccc3c(-c3cc4ccc5ccccc5c4c4ccccc34)c3ccccc13)c1ccccc12. The molecule has 0 aliphatic carbocycles. The van der Waals surface area contributed by atoms with E-state index in [1.807, 2.05) is 0 Å². The van der Waals surface area contributed by atoms with Gasteiger partial charge in [0.15, 0.2) is 0 Å². The minimum Gasteiger partial charge on any atom is -0.0616 e. The van der Waals surface area contributed by atoms with Crippen molar-refractivity contribution in [2.75, 3.05) is 0 Å². The Labute approximate surface area is 266 Å². The number of rotatable bonds is 2. The number of benzene rings is 10. The second kappa shape index (κ2) is 9.76. The highest BCUT2D eigenvalue weighted by Crippen LogP contribution is 2.48. The first-order chi connectivity index (χ1) is 22.8. The summed E-state index contributed by atoms with van der Waals surface area (Å²) in [5.74, 6) is 0. The zero-order valence-electron chi connectivity index (χ0n) is 25.2. The molecule has 0 aliphatic heterocycles. The van der Waals surface area contributed by atoms with Crippen LogP contribution in [0.3, 0.4) is 0 Å². The molecule has 46 heavy (non-hydrogen) atoms. The van der Waals surface area contributed by atoms with Gasteiger partial charge < -0.3 is 0 Å². The molecule has 0 unspecified atom stereocenters. The largest absolute Gasteiger partial charge is 0.0616 e. The molecule has 0 fully saturated rings.